The summed E-state index contributed by atoms with van der Waals surface area (Å²) in [5.41, 5.74) is 1.62. The van der Waals surface area contributed by atoms with E-state index in [-0.39, 0.29) is 11.8 Å². The summed E-state index contributed by atoms with van der Waals surface area (Å²) in [4.78, 5) is 11.8. The zero-order valence-corrected chi connectivity index (χ0v) is 11.0. The first-order valence-electron chi connectivity index (χ1n) is 5.68. The van der Waals surface area contributed by atoms with Crippen LogP contribution in [-0.4, -0.2) is 13.0 Å². The highest BCUT2D eigenvalue weighted by Gasteiger charge is 2.39. The number of halogens is 1. The van der Waals surface area contributed by atoms with Gasteiger partial charge in [-0.15, -0.1) is 0 Å². The Morgan fingerprint density at radius 2 is 2.18 bits per heavy atom. The van der Waals surface area contributed by atoms with Gasteiger partial charge in [0.2, 0.25) is 5.91 Å². The summed E-state index contributed by atoms with van der Waals surface area (Å²) < 4.78 is 5.21. The Morgan fingerprint density at radius 1 is 1.53 bits per heavy atom. The van der Waals surface area contributed by atoms with E-state index in [0.29, 0.717) is 22.4 Å². The van der Waals surface area contributed by atoms with E-state index in [0.717, 1.165) is 12.0 Å². The molecular formula is C13H16ClNO2. The lowest BCUT2D eigenvalue weighted by molar-refractivity contribution is -0.117. The molecule has 0 spiro atoms. The van der Waals surface area contributed by atoms with Gasteiger partial charge in [-0.25, -0.2) is 0 Å². The van der Waals surface area contributed by atoms with Gasteiger partial charge in [0.1, 0.15) is 5.75 Å². The van der Waals surface area contributed by atoms with Crippen molar-refractivity contribution in [1.82, 2.24) is 0 Å². The highest BCUT2D eigenvalue weighted by atomic mass is 35.5. The number of carbonyl (C=O) groups excluding carboxylic acids is 1. The molecular weight excluding hydrogens is 238 g/mol. The molecule has 1 aliphatic rings. The Labute approximate surface area is 106 Å². The number of methoxy groups -OCH3 is 1. The molecule has 92 valence electrons. The Balaban J connectivity index is 2.19. The lowest BCUT2D eigenvalue weighted by Crippen LogP contribution is -2.15. The van der Waals surface area contributed by atoms with Crippen molar-refractivity contribution < 1.29 is 9.53 Å². The van der Waals surface area contributed by atoms with Crippen LogP contribution in [-0.2, 0) is 4.79 Å². The maximum Gasteiger partial charge on any atom is 0.227 e. The van der Waals surface area contributed by atoms with E-state index in [1.807, 2.05) is 13.0 Å². The second-order valence-electron chi connectivity index (χ2n) is 4.61. The Hall–Kier alpha value is -1.22. The molecule has 2 rings (SSSR count). The normalized spacial score (nSPS) is 22.1. The van der Waals surface area contributed by atoms with Gasteiger partial charge in [0.05, 0.1) is 12.8 Å². The Bertz CT molecular complexity index is 459. The van der Waals surface area contributed by atoms with Gasteiger partial charge in [-0.1, -0.05) is 18.5 Å². The van der Waals surface area contributed by atoms with Crippen molar-refractivity contribution in [3.63, 3.8) is 0 Å². The van der Waals surface area contributed by atoms with Gasteiger partial charge >= 0.3 is 0 Å². The first kappa shape index (κ1) is 12.2. The molecule has 1 fully saturated rings. The minimum atomic E-state index is 0.0672. The summed E-state index contributed by atoms with van der Waals surface area (Å²) in [6.07, 6.45) is 0.973. The maximum absolute atomic E-state index is 11.8. The molecule has 1 aliphatic carbocycles. The van der Waals surface area contributed by atoms with Crippen LogP contribution in [0.1, 0.15) is 18.9 Å². The molecule has 1 N–H and O–H groups in total. The van der Waals surface area contributed by atoms with Crippen molar-refractivity contribution >= 4 is 23.2 Å². The van der Waals surface area contributed by atoms with E-state index < -0.39 is 0 Å². The molecule has 1 aromatic rings. The summed E-state index contributed by atoms with van der Waals surface area (Å²) in [7, 11) is 1.57. The summed E-state index contributed by atoms with van der Waals surface area (Å²) in [6, 6.07) is 3.56. The molecule has 0 radical (unpaired) electrons. The van der Waals surface area contributed by atoms with Crippen molar-refractivity contribution in [2.45, 2.75) is 20.3 Å². The van der Waals surface area contributed by atoms with E-state index in [9.17, 15) is 4.79 Å². The molecule has 0 aromatic heterocycles. The second kappa shape index (κ2) is 4.57. The number of amides is 1. The molecule has 17 heavy (non-hydrogen) atoms. The Kier molecular flexibility index (Phi) is 3.29. The molecule has 0 saturated heterocycles. The predicted molar refractivity (Wildman–Crippen MR) is 68.6 cm³/mol. The van der Waals surface area contributed by atoms with Crippen molar-refractivity contribution in [3.05, 3.63) is 22.7 Å². The fourth-order valence-electron chi connectivity index (χ4n) is 1.84. The van der Waals surface area contributed by atoms with E-state index in [1.54, 1.807) is 13.2 Å². The largest absolute Gasteiger partial charge is 0.495 e. The lowest BCUT2D eigenvalue weighted by Gasteiger charge is -2.12. The van der Waals surface area contributed by atoms with E-state index >= 15 is 0 Å². The molecule has 0 bridgehead atoms. The fraction of sp³-hybridized carbons (Fsp3) is 0.462. The van der Waals surface area contributed by atoms with Crippen LogP contribution >= 0.6 is 11.6 Å². The molecule has 4 heteroatoms. The van der Waals surface area contributed by atoms with E-state index in [2.05, 4.69) is 12.2 Å². The van der Waals surface area contributed by atoms with Gasteiger partial charge in [0.25, 0.3) is 0 Å². The summed E-state index contributed by atoms with van der Waals surface area (Å²) in [5, 5.41) is 3.54. The highest BCUT2D eigenvalue weighted by molar-refractivity contribution is 6.31. The maximum atomic E-state index is 11.8. The molecule has 2 atom stereocenters. The van der Waals surface area contributed by atoms with Gasteiger partial charge in [-0.3, -0.25) is 4.79 Å². The number of hydrogen-bond donors (Lipinski definition) is 1. The third-order valence-corrected chi connectivity index (χ3v) is 3.59. The van der Waals surface area contributed by atoms with E-state index in [1.165, 1.54) is 0 Å². The smallest absolute Gasteiger partial charge is 0.227 e. The minimum absolute atomic E-state index is 0.0672. The standard InChI is InChI=1S/C13H16ClNO2/c1-7-4-9(7)13(16)15-11-5-8(2)10(14)6-12(11)17-3/h5-7,9H,4H2,1-3H3,(H,15,16)/t7-,9-/m1/s1. The number of nitrogens with one attached hydrogen (secondary N) is 1. The highest BCUT2D eigenvalue weighted by Crippen LogP contribution is 2.39. The van der Waals surface area contributed by atoms with Crippen molar-refractivity contribution in [2.24, 2.45) is 11.8 Å². The van der Waals surface area contributed by atoms with Crippen LogP contribution in [0, 0.1) is 18.8 Å². The third-order valence-electron chi connectivity index (χ3n) is 3.18. The molecule has 0 heterocycles. The molecule has 1 saturated carbocycles. The summed E-state index contributed by atoms with van der Waals surface area (Å²) in [5.74, 6) is 1.31. The number of anilines is 1. The number of benzene rings is 1. The molecule has 0 unspecified atom stereocenters. The zero-order valence-electron chi connectivity index (χ0n) is 10.2. The van der Waals surface area contributed by atoms with Crippen molar-refractivity contribution in [1.29, 1.82) is 0 Å². The average molecular weight is 254 g/mol. The van der Waals surface area contributed by atoms with Crippen LogP contribution in [0.15, 0.2) is 12.1 Å². The number of ether oxygens (including phenoxy) is 1. The number of aryl methyl sites for hydroxylation is 1. The first-order chi connectivity index (χ1) is 8.02. The van der Waals surface area contributed by atoms with Crippen LogP contribution in [0.2, 0.25) is 5.02 Å². The fourth-order valence-corrected chi connectivity index (χ4v) is 2.00. The van der Waals surface area contributed by atoms with Crippen molar-refractivity contribution in [2.75, 3.05) is 12.4 Å². The monoisotopic (exact) mass is 253 g/mol. The van der Waals surface area contributed by atoms with E-state index in [4.69, 9.17) is 16.3 Å². The number of carbonyl (C=O) groups is 1. The average Bonchev–Trinajstić information content (AvgIpc) is 3.00. The third kappa shape index (κ3) is 2.55. The van der Waals surface area contributed by atoms with Crippen LogP contribution in [0.3, 0.4) is 0 Å². The molecule has 1 aromatic carbocycles. The SMILES string of the molecule is COc1cc(Cl)c(C)cc1NC(=O)[C@@H]1C[C@H]1C. The van der Waals surface area contributed by atoms with Gasteiger partial charge in [0.15, 0.2) is 0 Å². The second-order valence-corrected chi connectivity index (χ2v) is 5.02. The predicted octanol–water partition coefficient (Wildman–Crippen LogP) is 3.25. The van der Waals surface area contributed by atoms with Gasteiger partial charge in [-0.2, -0.15) is 0 Å². The summed E-state index contributed by atoms with van der Waals surface area (Å²) >= 11 is 6.01. The van der Waals surface area contributed by atoms with Crippen molar-refractivity contribution in [3.8, 4) is 5.75 Å². The van der Waals surface area contributed by atoms with Crippen LogP contribution in [0.25, 0.3) is 0 Å². The van der Waals surface area contributed by atoms with Crippen LogP contribution in [0.5, 0.6) is 5.75 Å². The molecule has 3 nitrogen and oxygen atoms in total. The topological polar surface area (TPSA) is 38.3 Å². The van der Waals surface area contributed by atoms with Gasteiger partial charge < -0.3 is 10.1 Å². The first-order valence-corrected chi connectivity index (χ1v) is 6.05. The summed E-state index contributed by atoms with van der Waals surface area (Å²) in [6.45, 7) is 3.98. The van der Waals surface area contributed by atoms with Crippen LogP contribution < -0.4 is 10.1 Å². The molecule has 0 aliphatic heterocycles. The zero-order chi connectivity index (χ0) is 12.6. The van der Waals surface area contributed by atoms with Crippen LogP contribution in [0.4, 0.5) is 5.69 Å². The molecule has 1 amide bonds. The quantitative estimate of drug-likeness (QED) is 0.898. The Morgan fingerprint density at radius 3 is 2.71 bits per heavy atom. The number of hydrogen-bond acceptors (Lipinski definition) is 2. The van der Waals surface area contributed by atoms with Gasteiger partial charge in [-0.05, 0) is 30.9 Å². The minimum Gasteiger partial charge on any atom is -0.495 e. The van der Waals surface area contributed by atoms with Gasteiger partial charge in [0, 0.05) is 17.0 Å². The number of rotatable bonds is 3. The lowest BCUT2D eigenvalue weighted by atomic mass is 10.2.